The highest BCUT2D eigenvalue weighted by Crippen LogP contribution is 2.15. The summed E-state index contributed by atoms with van der Waals surface area (Å²) in [5.41, 5.74) is 1.98. The van der Waals surface area contributed by atoms with Crippen LogP contribution in [0.1, 0.15) is 11.4 Å². The Bertz CT molecular complexity index is 784. The third-order valence-electron chi connectivity index (χ3n) is 3.38. The molecular weight excluding hydrogens is 294 g/mol. The molecule has 2 aromatic carbocycles. The van der Waals surface area contributed by atoms with Crippen molar-refractivity contribution < 1.29 is 4.92 Å². The van der Waals surface area contributed by atoms with Crippen molar-refractivity contribution in [2.45, 2.75) is 13.1 Å². The van der Waals surface area contributed by atoms with Crippen LogP contribution in [0.5, 0.6) is 0 Å². The molecule has 0 fully saturated rings. The van der Waals surface area contributed by atoms with Crippen molar-refractivity contribution >= 4 is 5.69 Å². The Kier molecular flexibility index (Phi) is 4.39. The van der Waals surface area contributed by atoms with Gasteiger partial charge in [0.15, 0.2) is 0 Å². The normalized spacial score (nSPS) is 10.6. The second-order valence-corrected chi connectivity index (χ2v) is 4.95. The maximum absolute atomic E-state index is 10.7. The first-order chi connectivity index (χ1) is 11.2. The molecule has 0 radical (unpaired) electrons. The number of nitrogens with one attached hydrogen (secondary N) is 1. The molecule has 0 aliphatic carbocycles. The Balaban J connectivity index is 1.68. The molecule has 0 saturated heterocycles. The van der Waals surface area contributed by atoms with Gasteiger partial charge in [-0.1, -0.05) is 30.3 Å². The molecule has 0 aliphatic rings. The van der Waals surface area contributed by atoms with Gasteiger partial charge in [0.05, 0.1) is 17.2 Å². The van der Waals surface area contributed by atoms with Gasteiger partial charge in [-0.15, -0.1) is 0 Å². The molecule has 3 rings (SSSR count). The van der Waals surface area contributed by atoms with Gasteiger partial charge in [-0.05, 0) is 17.7 Å². The van der Waals surface area contributed by atoms with Crippen LogP contribution < -0.4 is 5.32 Å². The topological polar surface area (TPSA) is 85.9 Å². The zero-order chi connectivity index (χ0) is 16.1. The molecule has 0 bridgehead atoms. The van der Waals surface area contributed by atoms with Crippen LogP contribution in [0.15, 0.2) is 60.9 Å². The SMILES string of the molecule is O=[N+]([O-])c1ccc(-n2ncnc2CNCc2ccccc2)cc1. The van der Waals surface area contributed by atoms with Crippen LogP contribution in [0.4, 0.5) is 5.69 Å². The molecule has 0 aliphatic heterocycles. The molecule has 23 heavy (non-hydrogen) atoms. The number of aromatic nitrogens is 3. The lowest BCUT2D eigenvalue weighted by molar-refractivity contribution is -0.384. The third-order valence-corrected chi connectivity index (χ3v) is 3.38. The molecule has 3 aromatic rings. The van der Waals surface area contributed by atoms with Crippen LogP contribution in [-0.2, 0) is 13.1 Å². The second kappa shape index (κ2) is 6.80. The van der Waals surface area contributed by atoms with Crippen molar-refractivity contribution in [2.75, 3.05) is 0 Å². The largest absolute Gasteiger partial charge is 0.306 e. The summed E-state index contributed by atoms with van der Waals surface area (Å²) in [5.74, 6) is 0.745. The zero-order valence-corrected chi connectivity index (χ0v) is 12.3. The van der Waals surface area contributed by atoms with E-state index >= 15 is 0 Å². The van der Waals surface area contributed by atoms with Crippen LogP contribution in [0.2, 0.25) is 0 Å². The minimum absolute atomic E-state index is 0.0533. The fraction of sp³-hybridized carbons (Fsp3) is 0.125. The third kappa shape index (κ3) is 3.58. The molecule has 1 N–H and O–H groups in total. The van der Waals surface area contributed by atoms with Gasteiger partial charge in [0.1, 0.15) is 12.2 Å². The number of non-ortho nitro benzene ring substituents is 1. The quantitative estimate of drug-likeness (QED) is 0.558. The van der Waals surface area contributed by atoms with Gasteiger partial charge in [0.25, 0.3) is 5.69 Å². The van der Waals surface area contributed by atoms with Crippen LogP contribution >= 0.6 is 0 Å². The van der Waals surface area contributed by atoms with Gasteiger partial charge in [-0.25, -0.2) is 9.67 Å². The highest BCUT2D eigenvalue weighted by atomic mass is 16.6. The van der Waals surface area contributed by atoms with E-state index in [4.69, 9.17) is 0 Å². The average Bonchev–Trinajstić information content (AvgIpc) is 3.04. The van der Waals surface area contributed by atoms with E-state index in [2.05, 4.69) is 15.4 Å². The lowest BCUT2D eigenvalue weighted by atomic mass is 10.2. The Labute approximate surface area is 132 Å². The smallest absolute Gasteiger partial charge is 0.269 e. The minimum atomic E-state index is -0.423. The number of hydrogen-bond donors (Lipinski definition) is 1. The molecular formula is C16H15N5O2. The number of rotatable bonds is 6. The van der Waals surface area contributed by atoms with Crippen molar-refractivity contribution in [3.05, 3.63) is 82.4 Å². The average molecular weight is 309 g/mol. The van der Waals surface area contributed by atoms with Crippen LogP contribution in [0.25, 0.3) is 5.69 Å². The lowest BCUT2D eigenvalue weighted by Crippen LogP contribution is -2.16. The molecule has 7 nitrogen and oxygen atoms in total. The molecule has 116 valence electrons. The molecule has 0 unspecified atom stereocenters. The fourth-order valence-electron chi connectivity index (χ4n) is 2.23. The number of nitro groups is 1. The van der Waals surface area contributed by atoms with Crippen molar-refractivity contribution in [2.24, 2.45) is 0 Å². The number of hydrogen-bond acceptors (Lipinski definition) is 5. The number of nitro benzene ring substituents is 1. The van der Waals surface area contributed by atoms with Gasteiger partial charge >= 0.3 is 0 Å². The van der Waals surface area contributed by atoms with Crippen molar-refractivity contribution in [3.8, 4) is 5.69 Å². The predicted octanol–water partition coefficient (Wildman–Crippen LogP) is 2.47. The van der Waals surface area contributed by atoms with Gasteiger partial charge < -0.3 is 5.32 Å². The van der Waals surface area contributed by atoms with Gasteiger partial charge in [0.2, 0.25) is 0 Å². The molecule has 0 atom stereocenters. The van der Waals surface area contributed by atoms with E-state index in [0.717, 1.165) is 18.1 Å². The Morgan fingerprint density at radius 3 is 2.48 bits per heavy atom. The summed E-state index contributed by atoms with van der Waals surface area (Å²) in [4.78, 5) is 14.5. The number of nitrogens with zero attached hydrogens (tertiary/aromatic N) is 4. The summed E-state index contributed by atoms with van der Waals surface area (Å²) in [6.45, 7) is 1.28. The highest BCUT2D eigenvalue weighted by molar-refractivity contribution is 5.40. The van der Waals surface area contributed by atoms with E-state index in [0.29, 0.717) is 6.54 Å². The lowest BCUT2D eigenvalue weighted by Gasteiger charge is -2.07. The highest BCUT2D eigenvalue weighted by Gasteiger charge is 2.09. The van der Waals surface area contributed by atoms with Crippen molar-refractivity contribution in [1.29, 1.82) is 0 Å². The van der Waals surface area contributed by atoms with Crippen molar-refractivity contribution in [3.63, 3.8) is 0 Å². The summed E-state index contributed by atoms with van der Waals surface area (Å²) >= 11 is 0. The van der Waals surface area contributed by atoms with E-state index in [9.17, 15) is 10.1 Å². The zero-order valence-electron chi connectivity index (χ0n) is 12.3. The second-order valence-electron chi connectivity index (χ2n) is 4.95. The van der Waals surface area contributed by atoms with Crippen LogP contribution in [-0.4, -0.2) is 19.7 Å². The Morgan fingerprint density at radius 1 is 1.04 bits per heavy atom. The maximum atomic E-state index is 10.7. The molecule has 0 amide bonds. The first-order valence-electron chi connectivity index (χ1n) is 7.12. The van der Waals surface area contributed by atoms with Gasteiger partial charge in [0, 0.05) is 18.7 Å². The van der Waals surface area contributed by atoms with E-state index in [1.165, 1.54) is 24.0 Å². The minimum Gasteiger partial charge on any atom is -0.306 e. The predicted molar refractivity (Wildman–Crippen MR) is 85.0 cm³/mol. The first-order valence-corrected chi connectivity index (χ1v) is 7.12. The number of benzene rings is 2. The molecule has 0 saturated carbocycles. The van der Waals surface area contributed by atoms with E-state index in [-0.39, 0.29) is 5.69 Å². The first kappa shape index (κ1) is 14.9. The Morgan fingerprint density at radius 2 is 1.78 bits per heavy atom. The molecule has 1 heterocycles. The van der Waals surface area contributed by atoms with Gasteiger partial charge in [-0.2, -0.15) is 5.10 Å². The molecule has 0 spiro atoms. The summed E-state index contributed by atoms with van der Waals surface area (Å²) in [6.07, 6.45) is 1.47. The van der Waals surface area contributed by atoms with E-state index < -0.39 is 4.92 Å². The fourth-order valence-corrected chi connectivity index (χ4v) is 2.23. The summed E-state index contributed by atoms with van der Waals surface area (Å²) in [6, 6.07) is 16.3. The standard InChI is InChI=1S/C16H15N5O2/c22-21(23)15-8-6-14(7-9-15)20-16(18-12-19-20)11-17-10-13-4-2-1-3-5-13/h1-9,12,17H,10-11H2. The molecule has 7 heteroatoms. The summed E-state index contributed by atoms with van der Waals surface area (Å²) in [5, 5.41) is 18.2. The van der Waals surface area contributed by atoms with Crippen molar-refractivity contribution in [1.82, 2.24) is 20.1 Å². The van der Waals surface area contributed by atoms with Crippen LogP contribution in [0, 0.1) is 10.1 Å². The maximum Gasteiger partial charge on any atom is 0.269 e. The Hall–Kier alpha value is -3.06. The monoisotopic (exact) mass is 309 g/mol. The summed E-state index contributed by atoms with van der Waals surface area (Å²) in [7, 11) is 0. The van der Waals surface area contributed by atoms with Gasteiger partial charge in [-0.3, -0.25) is 10.1 Å². The summed E-state index contributed by atoms with van der Waals surface area (Å²) < 4.78 is 1.67. The van der Waals surface area contributed by atoms with Crippen LogP contribution in [0.3, 0.4) is 0 Å². The van der Waals surface area contributed by atoms with E-state index in [1.807, 2.05) is 30.3 Å². The molecule has 1 aromatic heterocycles. The van der Waals surface area contributed by atoms with E-state index in [1.54, 1.807) is 16.8 Å².